The monoisotopic (exact) mass is 290 g/mol. The molecule has 0 aromatic heterocycles. The van der Waals surface area contributed by atoms with Crippen molar-refractivity contribution < 1.29 is 4.79 Å². The SMILES string of the molecule is Cc1cc(Cl)ccc1NC(=O)[C@@H](N)C(C)(C)C.Cl. The average molecular weight is 291 g/mol. The molecule has 1 aromatic carbocycles. The lowest BCUT2D eigenvalue weighted by Crippen LogP contribution is -2.45. The van der Waals surface area contributed by atoms with E-state index in [9.17, 15) is 4.79 Å². The standard InChI is InChI=1S/C13H19ClN2O.ClH/c1-8-7-9(14)5-6-10(8)16-12(17)11(15)13(2,3)4;/h5-7,11H,15H2,1-4H3,(H,16,17);1H/t11-;/m1./s1. The Bertz CT molecular complexity index is 427. The van der Waals surface area contributed by atoms with Gasteiger partial charge in [-0.2, -0.15) is 0 Å². The van der Waals surface area contributed by atoms with Crippen molar-refractivity contribution in [1.29, 1.82) is 0 Å². The van der Waals surface area contributed by atoms with Crippen molar-refractivity contribution in [3.63, 3.8) is 0 Å². The fourth-order valence-electron chi connectivity index (χ4n) is 1.37. The maximum Gasteiger partial charge on any atom is 0.241 e. The highest BCUT2D eigenvalue weighted by Gasteiger charge is 2.27. The smallest absolute Gasteiger partial charge is 0.241 e. The van der Waals surface area contributed by atoms with E-state index in [4.69, 9.17) is 17.3 Å². The third-order valence-corrected chi connectivity index (χ3v) is 2.90. The van der Waals surface area contributed by atoms with Gasteiger partial charge in [0, 0.05) is 10.7 Å². The highest BCUT2D eigenvalue weighted by Crippen LogP contribution is 2.22. The van der Waals surface area contributed by atoms with Crippen LogP contribution in [0, 0.1) is 12.3 Å². The molecule has 0 aliphatic heterocycles. The number of nitrogens with two attached hydrogens (primary N) is 1. The molecule has 0 bridgehead atoms. The van der Waals surface area contributed by atoms with Crippen molar-refractivity contribution in [2.45, 2.75) is 33.7 Å². The van der Waals surface area contributed by atoms with Gasteiger partial charge in [0.2, 0.25) is 5.91 Å². The Morgan fingerprint density at radius 3 is 2.39 bits per heavy atom. The van der Waals surface area contributed by atoms with Crippen LogP contribution in [0.2, 0.25) is 5.02 Å². The van der Waals surface area contributed by atoms with Gasteiger partial charge in [-0.05, 0) is 36.1 Å². The van der Waals surface area contributed by atoms with Crippen LogP contribution < -0.4 is 11.1 Å². The van der Waals surface area contributed by atoms with Crippen LogP contribution in [-0.2, 0) is 4.79 Å². The molecule has 1 aromatic rings. The Kier molecular flexibility index (Phi) is 6.14. The maximum absolute atomic E-state index is 11.9. The number of nitrogens with one attached hydrogen (secondary N) is 1. The van der Waals surface area contributed by atoms with Crippen LogP contribution in [0.3, 0.4) is 0 Å². The summed E-state index contributed by atoms with van der Waals surface area (Å²) in [5.41, 5.74) is 7.30. The highest BCUT2D eigenvalue weighted by molar-refractivity contribution is 6.30. The molecule has 1 amide bonds. The van der Waals surface area contributed by atoms with Crippen molar-refractivity contribution in [2.24, 2.45) is 11.1 Å². The second-order valence-corrected chi connectivity index (χ2v) is 5.73. The van der Waals surface area contributed by atoms with E-state index in [0.29, 0.717) is 5.02 Å². The maximum atomic E-state index is 11.9. The number of hydrogen-bond donors (Lipinski definition) is 2. The molecule has 1 rings (SSSR count). The molecule has 1 atom stereocenters. The summed E-state index contributed by atoms with van der Waals surface area (Å²) in [6.45, 7) is 7.70. The Balaban J connectivity index is 0.00000289. The second kappa shape index (κ2) is 6.41. The molecule has 102 valence electrons. The van der Waals surface area contributed by atoms with E-state index >= 15 is 0 Å². The number of halogens is 2. The first-order valence-corrected chi connectivity index (χ1v) is 5.92. The Morgan fingerprint density at radius 2 is 1.94 bits per heavy atom. The quantitative estimate of drug-likeness (QED) is 0.877. The molecular formula is C13H20Cl2N2O. The molecule has 5 heteroatoms. The number of amides is 1. The molecule has 0 fully saturated rings. The molecule has 0 saturated heterocycles. The van der Waals surface area contributed by atoms with Crippen molar-refractivity contribution >= 4 is 35.6 Å². The number of aryl methyl sites for hydroxylation is 1. The van der Waals surface area contributed by atoms with Crippen LogP contribution in [0.15, 0.2) is 18.2 Å². The van der Waals surface area contributed by atoms with Gasteiger partial charge < -0.3 is 11.1 Å². The van der Waals surface area contributed by atoms with Crippen molar-refractivity contribution in [3.05, 3.63) is 28.8 Å². The number of carbonyl (C=O) groups excluding carboxylic acids is 1. The summed E-state index contributed by atoms with van der Waals surface area (Å²) >= 11 is 5.85. The zero-order valence-electron chi connectivity index (χ0n) is 11.1. The number of carbonyl (C=O) groups is 1. The van der Waals surface area contributed by atoms with Gasteiger partial charge in [-0.25, -0.2) is 0 Å². The van der Waals surface area contributed by atoms with Gasteiger partial charge in [-0.3, -0.25) is 4.79 Å². The predicted molar refractivity (Wildman–Crippen MR) is 79.5 cm³/mol. The lowest BCUT2D eigenvalue weighted by atomic mass is 9.87. The highest BCUT2D eigenvalue weighted by atomic mass is 35.5. The zero-order chi connectivity index (χ0) is 13.2. The second-order valence-electron chi connectivity index (χ2n) is 5.29. The first kappa shape index (κ1) is 17.2. The lowest BCUT2D eigenvalue weighted by molar-refractivity contribution is -0.119. The molecule has 0 heterocycles. The first-order chi connectivity index (χ1) is 7.71. The number of benzene rings is 1. The summed E-state index contributed by atoms with van der Waals surface area (Å²) in [5.74, 6) is -0.178. The van der Waals surface area contributed by atoms with E-state index in [-0.39, 0.29) is 23.7 Å². The Morgan fingerprint density at radius 1 is 1.39 bits per heavy atom. The van der Waals surface area contributed by atoms with Gasteiger partial charge in [-0.1, -0.05) is 32.4 Å². The largest absolute Gasteiger partial charge is 0.324 e. The molecule has 18 heavy (non-hydrogen) atoms. The van der Waals surface area contributed by atoms with E-state index in [1.807, 2.05) is 27.7 Å². The van der Waals surface area contributed by atoms with Crippen LogP contribution >= 0.6 is 24.0 Å². The minimum Gasteiger partial charge on any atom is -0.324 e. The van der Waals surface area contributed by atoms with Gasteiger partial charge >= 0.3 is 0 Å². The van der Waals surface area contributed by atoms with E-state index in [1.165, 1.54) is 0 Å². The molecular weight excluding hydrogens is 271 g/mol. The van der Waals surface area contributed by atoms with Crippen LogP contribution in [0.4, 0.5) is 5.69 Å². The molecule has 3 N–H and O–H groups in total. The van der Waals surface area contributed by atoms with Gasteiger partial charge in [0.15, 0.2) is 0 Å². The van der Waals surface area contributed by atoms with Gasteiger partial charge in [0.25, 0.3) is 0 Å². The van der Waals surface area contributed by atoms with Crippen molar-refractivity contribution in [2.75, 3.05) is 5.32 Å². The summed E-state index contributed by atoms with van der Waals surface area (Å²) in [7, 11) is 0. The third-order valence-electron chi connectivity index (χ3n) is 2.66. The van der Waals surface area contributed by atoms with Gasteiger partial charge in [0.05, 0.1) is 6.04 Å². The molecule has 0 spiro atoms. The number of anilines is 1. The summed E-state index contributed by atoms with van der Waals surface area (Å²) in [6, 6.07) is 4.79. The molecule has 0 unspecified atom stereocenters. The van der Waals surface area contributed by atoms with E-state index < -0.39 is 6.04 Å². The van der Waals surface area contributed by atoms with E-state index in [0.717, 1.165) is 11.3 Å². The fraction of sp³-hybridized carbons (Fsp3) is 0.462. The Hall–Kier alpha value is -0.770. The minimum atomic E-state index is -0.544. The lowest BCUT2D eigenvalue weighted by Gasteiger charge is -2.26. The molecule has 0 saturated carbocycles. The topological polar surface area (TPSA) is 55.1 Å². The molecule has 0 aliphatic carbocycles. The van der Waals surface area contributed by atoms with Crippen molar-refractivity contribution in [3.8, 4) is 0 Å². The van der Waals surface area contributed by atoms with Crippen LogP contribution in [-0.4, -0.2) is 11.9 Å². The summed E-state index contributed by atoms with van der Waals surface area (Å²) in [4.78, 5) is 11.9. The summed E-state index contributed by atoms with van der Waals surface area (Å²) in [6.07, 6.45) is 0. The summed E-state index contributed by atoms with van der Waals surface area (Å²) in [5, 5.41) is 3.47. The first-order valence-electron chi connectivity index (χ1n) is 5.54. The van der Waals surface area contributed by atoms with Crippen LogP contribution in [0.1, 0.15) is 26.3 Å². The number of rotatable bonds is 2. The summed E-state index contributed by atoms with van der Waals surface area (Å²) < 4.78 is 0. The van der Waals surface area contributed by atoms with E-state index in [1.54, 1.807) is 18.2 Å². The van der Waals surface area contributed by atoms with Crippen LogP contribution in [0.25, 0.3) is 0 Å². The molecule has 3 nitrogen and oxygen atoms in total. The van der Waals surface area contributed by atoms with E-state index in [2.05, 4.69) is 5.32 Å². The average Bonchev–Trinajstić information content (AvgIpc) is 2.19. The van der Waals surface area contributed by atoms with Gasteiger partial charge in [0.1, 0.15) is 0 Å². The van der Waals surface area contributed by atoms with Crippen molar-refractivity contribution in [1.82, 2.24) is 0 Å². The fourth-order valence-corrected chi connectivity index (χ4v) is 1.60. The minimum absolute atomic E-state index is 0. The molecule has 0 aliphatic rings. The zero-order valence-corrected chi connectivity index (χ0v) is 12.7. The third kappa shape index (κ3) is 4.48. The Labute approximate surface area is 119 Å². The molecule has 0 radical (unpaired) electrons. The van der Waals surface area contributed by atoms with Crippen LogP contribution in [0.5, 0.6) is 0 Å². The predicted octanol–water partition coefficient (Wildman–Crippen LogP) is 3.38. The normalized spacial score (nSPS) is 12.6. The van der Waals surface area contributed by atoms with Gasteiger partial charge in [-0.15, -0.1) is 12.4 Å². The number of hydrogen-bond acceptors (Lipinski definition) is 2.